The fourth-order valence-electron chi connectivity index (χ4n) is 2.83. The lowest BCUT2D eigenvalue weighted by Gasteiger charge is -2.34. The van der Waals surface area contributed by atoms with Crippen molar-refractivity contribution in [1.29, 1.82) is 0 Å². The quantitative estimate of drug-likeness (QED) is 0.865. The summed E-state index contributed by atoms with van der Waals surface area (Å²) in [7, 11) is 3.80. The first-order valence-electron chi connectivity index (χ1n) is 7.87. The topological polar surface area (TPSA) is 52.7 Å². The Labute approximate surface area is 132 Å². The number of likely N-dealkylation sites (N-methyl/N-ethyl adjacent to an activating group) is 1. The van der Waals surface area contributed by atoms with Crippen LogP contribution in [0.5, 0.6) is 0 Å². The molecule has 1 N–H and O–H groups in total. The molecule has 2 rings (SSSR count). The summed E-state index contributed by atoms with van der Waals surface area (Å²) in [4.78, 5) is 28.4. The van der Waals surface area contributed by atoms with Crippen LogP contribution < -0.4 is 5.32 Å². The Hall–Kier alpha value is -1.88. The third kappa shape index (κ3) is 3.85. The van der Waals surface area contributed by atoms with E-state index in [9.17, 15) is 9.59 Å². The normalized spacial score (nSPS) is 16.3. The minimum Gasteiger partial charge on any atom is -0.334 e. The Morgan fingerprint density at radius 1 is 1.27 bits per heavy atom. The Morgan fingerprint density at radius 2 is 1.91 bits per heavy atom. The van der Waals surface area contributed by atoms with Crippen LogP contribution in [0.25, 0.3) is 0 Å². The van der Waals surface area contributed by atoms with Gasteiger partial charge in [-0.1, -0.05) is 25.1 Å². The van der Waals surface area contributed by atoms with Crippen molar-refractivity contribution in [1.82, 2.24) is 9.80 Å². The second kappa shape index (κ2) is 7.40. The van der Waals surface area contributed by atoms with Gasteiger partial charge < -0.3 is 15.1 Å². The number of hydrogen-bond donors (Lipinski definition) is 1. The number of anilines is 1. The van der Waals surface area contributed by atoms with E-state index < -0.39 is 11.8 Å². The van der Waals surface area contributed by atoms with Crippen molar-refractivity contribution in [3.8, 4) is 0 Å². The molecule has 22 heavy (non-hydrogen) atoms. The number of hydrogen-bond acceptors (Lipinski definition) is 3. The summed E-state index contributed by atoms with van der Waals surface area (Å²) < 4.78 is 0. The number of nitrogens with one attached hydrogen (secondary N) is 1. The Morgan fingerprint density at radius 3 is 2.55 bits per heavy atom. The van der Waals surface area contributed by atoms with Crippen LogP contribution in [-0.4, -0.2) is 54.8 Å². The van der Waals surface area contributed by atoms with Crippen LogP contribution in [-0.2, 0) is 16.0 Å². The average Bonchev–Trinajstić information content (AvgIpc) is 2.54. The number of rotatable bonds is 3. The highest BCUT2D eigenvalue weighted by Crippen LogP contribution is 2.17. The largest absolute Gasteiger partial charge is 0.334 e. The van der Waals surface area contributed by atoms with Gasteiger partial charge in [0, 0.05) is 18.8 Å². The highest BCUT2D eigenvalue weighted by molar-refractivity contribution is 6.39. The maximum absolute atomic E-state index is 12.3. The molecule has 1 aromatic carbocycles. The number of nitrogens with zero attached hydrogens (tertiary/aromatic N) is 2. The molecule has 1 heterocycles. The summed E-state index contributed by atoms with van der Waals surface area (Å²) in [5.74, 6) is -1.01. The second-order valence-corrected chi connectivity index (χ2v) is 5.92. The van der Waals surface area contributed by atoms with Gasteiger partial charge in [-0.15, -0.1) is 0 Å². The molecule has 1 saturated heterocycles. The van der Waals surface area contributed by atoms with Gasteiger partial charge in [0.2, 0.25) is 0 Å². The summed E-state index contributed by atoms with van der Waals surface area (Å²) in [6.45, 7) is 3.95. The Bertz CT molecular complexity index is 536. The fraction of sp³-hybridized carbons (Fsp3) is 0.529. The third-order valence-corrected chi connectivity index (χ3v) is 4.40. The molecule has 1 aromatic rings. The zero-order chi connectivity index (χ0) is 16.1. The van der Waals surface area contributed by atoms with E-state index in [-0.39, 0.29) is 6.04 Å². The summed E-state index contributed by atoms with van der Waals surface area (Å²) in [6.07, 6.45) is 2.64. The van der Waals surface area contributed by atoms with Gasteiger partial charge in [-0.2, -0.15) is 0 Å². The van der Waals surface area contributed by atoms with E-state index in [1.54, 1.807) is 11.9 Å². The molecule has 0 atom stereocenters. The molecule has 1 aliphatic rings. The van der Waals surface area contributed by atoms with Crippen LogP contribution in [0.1, 0.15) is 25.3 Å². The maximum atomic E-state index is 12.3. The lowest BCUT2D eigenvalue weighted by molar-refractivity contribution is -0.144. The van der Waals surface area contributed by atoms with Crippen molar-refractivity contribution in [2.24, 2.45) is 0 Å². The van der Waals surface area contributed by atoms with Crippen LogP contribution in [0.15, 0.2) is 24.3 Å². The summed E-state index contributed by atoms with van der Waals surface area (Å²) in [5, 5.41) is 2.75. The van der Waals surface area contributed by atoms with Gasteiger partial charge in [-0.25, -0.2) is 0 Å². The first-order valence-corrected chi connectivity index (χ1v) is 7.87. The predicted octanol–water partition coefficient (Wildman–Crippen LogP) is 1.74. The molecule has 5 nitrogen and oxygen atoms in total. The molecular weight excluding hydrogens is 278 g/mol. The number of benzene rings is 1. The van der Waals surface area contributed by atoms with E-state index in [4.69, 9.17) is 0 Å². The number of carbonyl (C=O) groups excluding carboxylic acids is 2. The number of piperidine rings is 1. The van der Waals surface area contributed by atoms with Gasteiger partial charge in [-0.05, 0) is 51.0 Å². The minimum atomic E-state index is -0.553. The van der Waals surface area contributed by atoms with E-state index in [2.05, 4.69) is 17.3 Å². The molecule has 2 amide bonds. The third-order valence-electron chi connectivity index (χ3n) is 4.40. The highest BCUT2D eigenvalue weighted by atomic mass is 16.2. The van der Waals surface area contributed by atoms with Crippen LogP contribution >= 0.6 is 0 Å². The lowest BCUT2D eigenvalue weighted by atomic mass is 10.0. The van der Waals surface area contributed by atoms with Crippen molar-refractivity contribution < 1.29 is 9.59 Å². The lowest BCUT2D eigenvalue weighted by Crippen LogP contribution is -2.47. The predicted molar refractivity (Wildman–Crippen MR) is 87.7 cm³/mol. The SMILES string of the molecule is CCc1ccccc1NC(=O)C(=O)N(C)C1CCN(C)CC1. The molecule has 120 valence electrons. The van der Waals surface area contributed by atoms with Crippen LogP contribution in [0.2, 0.25) is 0 Å². The fourth-order valence-corrected chi connectivity index (χ4v) is 2.83. The van der Waals surface area contributed by atoms with E-state index in [1.807, 2.05) is 31.2 Å². The standard InChI is InChI=1S/C17H25N3O2/c1-4-13-7-5-6-8-15(13)18-16(21)17(22)20(3)14-9-11-19(2)12-10-14/h5-8,14H,4,9-12H2,1-3H3,(H,18,21). The van der Waals surface area contributed by atoms with E-state index >= 15 is 0 Å². The molecule has 0 aliphatic carbocycles. The average molecular weight is 303 g/mol. The monoisotopic (exact) mass is 303 g/mol. The number of carbonyl (C=O) groups is 2. The van der Waals surface area contributed by atoms with Gasteiger partial charge in [-0.3, -0.25) is 9.59 Å². The molecule has 0 bridgehead atoms. The Balaban J connectivity index is 1.98. The van der Waals surface area contributed by atoms with Crippen LogP contribution in [0.4, 0.5) is 5.69 Å². The highest BCUT2D eigenvalue weighted by Gasteiger charge is 2.28. The van der Waals surface area contributed by atoms with Gasteiger partial charge in [0.05, 0.1) is 0 Å². The summed E-state index contributed by atoms with van der Waals surface area (Å²) in [6, 6.07) is 7.73. The number of amides is 2. The molecule has 0 spiro atoms. The second-order valence-electron chi connectivity index (χ2n) is 5.92. The number of para-hydroxylation sites is 1. The Kier molecular flexibility index (Phi) is 5.55. The van der Waals surface area contributed by atoms with Crippen molar-refractivity contribution in [2.45, 2.75) is 32.2 Å². The first kappa shape index (κ1) is 16.5. The van der Waals surface area contributed by atoms with Gasteiger partial charge in [0.15, 0.2) is 0 Å². The van der Waals surface area contributed by atoms with Crippen molar-refractivity contribution >= 4 is 17.5 Å². The first-order chi connectivity index (χ1) is 10.5. The van der Waals surface area contributed by atoms with E-state index in [0.29, 0.717) is 0 Å². The molecule has 0 radical (unpaired) electrons. The number of aryl methyl sites for hydroxylation is 1. The van der Waals surface area contributed by atoms with Gasteiger partial charge in [0.1, 0.15) is 0 Å². The molecule has 1 aliphatic heterocycles. The van der Waals surface area contributed by atoms with E-state index in [0.717, 1.165) is 43.6 Å². The van der Waals surface area contributed by atoms with Crippen molar-refractivity contribution in [2.75, 3.05) is 32.5 Å². The molecule has 0 unspecified atom stereocenters. The molecule has 0 saturated carbocycles. The van der Waals surface area contributed by atoms with Gasteiger partial charge >= 0.3 is 11.8 Å². The van der Waals surface area contributed by atoms with Crippen LogP contribution in [0.3, 0.4) is 0 Å². The minimum absolute atomic E-state index is 0.149. The van der Waals surface area contributed by atoms with Crippen molar-refractivity contribution in [3.63, 3.8) is 0 Å². The molecule has 0 aromatic heterocycles. The van der Waals surface area contributed by atoms with E-state index in [1.165, 1.54) is 0 Å². The zero-order valence-electron chi connectivity index (χ0n) is 13.6. The zero-order valence-corrected chi connectivity index (χ0v) is 13.6. The summed E-state index contributed by atoms with van der Waals surface area (Å²) in [5.41, 5.74) is 1.76. The number of likely N-dealkylation sites (tertiary alicyclic amines) is 1. The van der Waals surface area contributed by atoms with Crippen molar-refractivity contribution in [3.05, 3.63) is 29.8 Å². The maximum Gasteiger partial charge on any atom is 0.313 e. The van der Waals surface area contributed by atoms with Gasteiger partial charge in [0.25, 0.3) is 0 Å². The molecular formula is C17H25N3O2. The molecule has 1 fully saturated rings. The summed E-state index contributed by atoms with van der Waals surface area (Å²) >= 11 is 0. The smallest absolute Gasteiger partial charge is 0.313 e. The molecule has 5 heteroatoms. The van der Waals surface area contributed by atoms with Crippen LogP contribution in [0, 0.1) is 0 Å².